The molecular formula is C17H24N2O. The first-order chi connectivity index (χ1) is 9.84. The summed E-state index contributed by atoms with van der Waals surface area (Å²) in [5, 5.41) is 3.30. The van der Waals surface area contributed by atoms with Crippen LogP contribution in [0.25, 0.3) is 0 Å². The highest BCUT2D eigenvalue weighted by molar-refractivity contribution is 5.79. The molecule has 108 valence electrons. The first kappa shape index (κ1) is 13.6. The number of hydrogen-bond donors (Lipinski definition) is 1. The SMILES string of the molecule is O=C(C1CCNC1)N1CCCC(c2ccccc2)CC1. The summed E-state index contributed by atoms with van der Waals surface area (Å²) >= 11 is 0. The third-order valence-corrected chi connectivity index (χ3v) is 4.72. The molecule has 1 N–H and O–H groups in total. The molecule has 2 saturated heterocycles. The van der Waals surface area contributed by atoms with Crippen LogP contribution < -0.4 is 5.32 Å². The second-order valence-electron chi connectivity index (χ2n) is 6.05. The van der Waals surface area contributed by atoms with Crippen LogP contribution in [0.15, 0.2) is 30.3 Å². The van der Waals surface area contributed by atoms with Crippen molar-refractivity contribution in [1.29, 1.82) is 0 Å². The molecule has 3 rings (SSSR count). The van der Waals surface area contributed by atoms with E-state index in [1.807, 2.05) is 0 Å². The number of amides is 1. The van der Waals surface area contributed by atoms with E-state index in [9.17, 15) is 4.79 Å². The molecule has 0 bridgehead atoms. The van der Waals surface area contributed by atoms with Crippen LogP contribution in [-0.4, -0.2) is 37.0 Å². The predicted molar refractivity (Wildman–Crippen MR) is 80.6 cm³/mol. The number of nitrogens with one attached hydrogen (secondary N) is 1. The smallest absolute Gasteiger partial charge is 0.227 e. The van der Waals surface area contributed by atoms with Crippen molar-refractivity contribution in [3.8, 4) is 0 Å². The van der Waals surface area contributed by atoms with Gasteiger partial charge in [0, 0.05) is 19.6 Å². The standard InChI is InChI=1S/C17H24N2O/c20-17(16-8-10-18-13-16)19-11-4-7-15(9-12-19)14-5-2-1-3-6-14/h1-3,5-6,15-16,18H,4,7-13H2. The molecule has 3 nitrogen and oxygen atoms in total. The minimum absolute atomic E-state index is 0.225. The molecule has 1 amide bonds. The molecule has 1 aromatic carbocycles. The van der Waals surface area contributed by atoms with Crippen molar-refractivity contribution >= 4 is 5.91 Å². The Kier molecular flexibility index (Phi) is 4.36. The van der Waals surface area contributed by atoms with E-state index < -0.39 is 0 Å². The topological polar surface area (TPSA) is 32.3 Å². The summed E-state index contributed by atoms with van der Waals surface area (Å²) in [6.45, 7) is 3.74. The zero-order chi connectivity index (χ0) is 13.8. The van der Waals surface area contributed by atoms with Crippen molar-refractivity contribution in [2.45, 2.75) is 31.6 Å². The normalized spacial score (nSPS) is 27.3. The Morgan fingerprint density at radius 3 is 2.70 bits per heavy atom. The van der Waals surface area contributed by atoms with Gasteiger partial charge >= 0.3 is 0 Å². The molecule has 0 radical (unpaired) electrons. The van der Waals surface area contributed by atoms with Gasteiger partial charge in [-0.05, 0) is 43.7 Å². The molecule has 2 aliphatic rings. The molecule has 2 fully saturated rings. The summed E-state index contributed by atoms with van der Waals surface area (Å²) in [6.07, 6.45) is 4.45. The lowest BCUT2D eigenvalue weighted by Gasteiger charge is -2.23. The molecule has 2 heterocycles. The fourth-order valence-corrected chi connectivity index (χ4v) is 3.50. The minimum atomic E-state index is 0.225. The minimum Gasteiger partial charge on any atom is -0.342 e. The van der Waals surface area contributed by atoms with E-state index in [0.717, 1.165) is 45.4 Å². The first-order valence-corrected chi connectivity index (χ1v) is 7.89. The van der Waals surface area contributed by atoms with Crippen molar-refractivity contribution in [1.82, 2.24) is 10.2 Å². The Bertz CT molecular complexity index is 440. The Labute approximate surface area is 121 Å². The van der Waals surface area contributed by atoms with E-state index in [0.29, 0.717) is 11.8 Å². The van der Waals surface area contributed by atoms with Gasteiger partial charge in [-0.2, -0.15) is 0 Å². The maximum atomic E-state index is 12.5. The van der Waals surface area contributed by atoms with Crippen LogP contribution in [0.1, 0.15) is 37.2 Å². The van der Waals surface area contributed by atoms with E-state index in [2.05, 4.69) is 40.5 Å². The molecule has 3 heteroatoms. The number of benzene rings is 1. The number of likely N-dealkylation sites (tertiary alicyclic amines) is 1. The van der Waals surface area contributed by atoms with Crippen molar-refractivity contribution in [3.05, 3.63) is 35.9 Å². The average Bonchev–Trinajstić information content (AvgIpc) is 2.92. The number of rotatable bonds is 2. The second kappa shape index (κ2) is 6.40. The summed E-state index contributed by atoms with van der Waals surface area (Å²) in [5.74, 6) is 1.22. The van der Waals surface area contributed by atoms with Crippen molar-refractivity contribution in [2.24, 2.45) is 5.92 Å². The Morgan fingerprint density at radius 1 is 1.10 bits per heavy atom. The molecule has 0 spiro atoms. The Morgan fingerprint density at radius 2 is 1.95 bits per heavy atom. The number of carbonyl (C=O) groups is 1. The maximum Gasteiger partial charge on any atom is 0.227 e. The van der Waals surface area contributed by atoms with Crippen LogP contribution in [0.2, 0.25) is 0 Å². The average molecular weight is 272 g/mol. The summed E-state index contributed by atoms with van der Waals surface area (Å²) in [5.41, 5.74) is 1.43. The Hall–Kier alpha value is -1.35. The highest BCUT2D eigenvalue weighted by atomic mass is 16.2. The van der Waals surface area contributed by atoms with Gasteiger partial charge in [-0.3, -0.25) is 4.79 Å². The van der Waals surface area contributed by atoms with E-state index in [1.165, 1.54) is 12.0 Å². The van der Waals surface area contributed by atoms with Gasteiger partial charge in [0.2, 0.25) is 5.91 Å². The molecule has 0 aromatic heterocycles. The lowest BCUT2D eigenvalue weighted by molar-refractivity contribution is -0.134. The Balaban J connectivity index is 1.60. The molecule has 1 aromatic rings. The number of nitrogens with zero attached hydrogens (tertiary/aromatic N) is 1. The highest BCUT2D eigenvalue weighted by Gasteiger charge is 2.28. The molecular weight excluding hydrogens is 248 g/mol. The molecule has 2 atom stereocenters. The van der Waals surface area contributed by atoms with Gasteiger partial charge in [0.05, 0.1) is 5.92 Å². The quantitative estimate of drug-likeness (QED) is 0.896. The molecule has 0 aliphatic carbocycles. The zero-order valence-electron chi connectivity index (χ0n) is 12.1. The van der Waals surface area contributed by atoms with E-state index in [-0.39, 0.29) is 5.92 Å². The van der Waals surface area contributed by atoms with Crippen LogP contribution in [-0.2, 0) is 4.79 Å². The highest BCUT2D eigenvalue weighted by Crippen LogP contribution is 2.28. The fraction of sp³-hybridized carbons (Fsp3) is 0.588. The van der Waals surface area contributed by atoms with Gasteiger partial charge in [0.1, 0.15) is 0 Å². The van der Waals surface area contributed by atoms with Gasteiger partial charge in [-0.1, -0.05) is 30.3 Å². The molecule has 0 saturated carbocycles. The van der Waals surface area contributed by atoms with Crippen molar-refractivity contribution in [2.75, 3.05) is 26.2 Å². The summed E-state index contributed by atoms with van der Waals surface area (Å²) in [7, 11) is 0. The monoisotopic (exact) mass is 272 g/mol. The lowest BCUT2D eigenvalue weighted by Crippen LogP contribution is -2.37. The van der Waals surface area contributed by atoms with Crippen LogP contribution in [0, 0.1) is 5.92 Å². The predicted octanol–water partition coefficient (Wildman–Crippen LogP) is 2.39. The zero-order valence-corrected chi connectivity index (χ0v) is 12.1. The first-order valence-electron chi connectivity index (χ1n) is 7.89. The van der Waals surface area contributed by atoms with Gasteiger partial charge < -0.3 is 10.2 Å². The summed E-state index contributed by atoms with van der Waals surface area (Å²) in [4.78, 5) is 14.6. The van der Waals surface area contributed by atoms with Gasteiger partial charge in [0.15, 0.2) is 0 Å². The molecule has 20 heavy (non-hydrogen) atoms. The van der Waals surface area contributed by atoms with Gasteiger partial charge in [0.25, 0.3) is 0 Å². The van der Waals surface area contributed by atoms with Crippen LogP contribution in [0.4, 0.5) is 0 Å². The van der Waals surface area contributed by atoms with E-state index in [1.54, 1.807) is 0 Å². The van der Waals surface area contributed by atoms with E-state index in [4.69, 9.17) is 0 Å². The second-order valence-corrected chi connectivity index (χ2v) is 6.05. The maximum absolute atomic E-state index is 12.5. The van der Waals surface area contributed by atoms with Crippen LogP contribution in [0.3, 0.4) is 0 Å². The largest absolute Gasteiger partial charge is 0.342 e. The van der Waals surface area contributed by atoms with Gasteiger partial charge in [-0.25, -0.2) is 0 Å². The number of hydrogen-bond acceptors (Lipinski definition) is 2. The van der Waals surface area contributed by atoms with E-state index >= 15 is 0 Å². The third kappa shape index (κ3) is 3.04. The third-order valence-electron chi connectivity index (χ3n) is 4.72. The lowest BCUT2D eigenvalue weighted by atomic mass is 9.92. The van der Waals surface area contributed by atoms with Gasteiger partial charge in [-0.15, -0.1) is 0 Å². The fourth-order valence-electron chi connectivity index (χ4n) is 3.50. The van der Waals surface area contributed by atoms with Crippen LogP contribution in [0.5, 0.6) is 0 Å². The summed E-state index contributed by atoms with van der Waals surface area (Å²) < 4.78 is 0. The summed E-state index contributed by atoms with van der Waals surface area (Å²) in [6, 6.07) is 10.8. The van der Waals surface area contributed by atoms with Crippen molar-refractivity contribution in [3.63, 3.8) is 0 Å². The number of carbonyl (C=O) groups excluding carboxylic acids is 1. The van der Waals surface area contributed by atoms with Crippen molar-refractivity contribution < 1.29 is 4.79 Å². The molecule has 2 aliphatic heterocycles. The molecule has 2 unspecified atom stereocenters. The van der Waals surface area contributed by atoms with Crippen LogP contribution >= 0.6 is 0 Å².